The lowest BCUT2D eigenvalue weighted by Gasteiger charge is -2.24. The van der Waals surface area contributed by atoms with E-state index in [4.69, 9.17) is 19.2 Å². The fraction of sp³-hybridized carbons (Fsp3) is 0.650. The van der Waals surface area contributed by atoms with E-state index in [9.17, 15) is 0 Å². The molecule has 0 spiro atoms. The molecule has 2 heterocycles. The Hall–Kier alpha value is -1.22. The van der Waals surface area contributed by atoms with E-state index in [1.54, 1.807) is 7.11 Å². The van der Waals surface area contributed by atoms with Gasteiger partial charge in [0.15, 0.2) is 5.96 Å². The molecule has 0 saturated carbocycles. The van der Waals surface area contributed by atoms with Gasteiger partial charge < -0.3 is 24.8 Å². The Balaban J connectivity index is 0.00000261. The largest absolute Gasteiger partial charge is 0.496 e. The lowest BCUT2D eigenvalue weighted by molar-refractivity contribution is 0.0243. The first-order valence-corrected chi connectivity index (χ1v) is 9.55. The Labute approximate surface area is 179 Å². The van der Waals surface area contributed by atoms with Gasteiger partial charge in [0.05, 0.1) is 19.3 Å². The highest BCUT2D eigenvalue weighted by atomic mass is 127. The van der Waals surface area contributed by atoms with E-state index in [-0.39, 0.29) is 35.7 Å². The molecule has 1 aromatic rings. The number of benzene rings is 1. The van der Waals surface area contributed by atoms with Gasteiger partial charge in [-0.25, -0.2) is 4.99 Å². The van der Waals surface area contributed by atoms with Gasteiger partial charge in [0.1, 0.15) is 17.6 Å². The van der Waals surface area contributed by atoms with Crippen molar-refractivity contribution in [2.24, 2.45) is 4.99 Å². The fourth-order valence-electron chi connectivity index (χ4n) is 3.55. The summed E-state index contributed by atoms with van der Waals surface area (Å²) >= 11 is 0. The maximum Gasteiger partial charge on any atom is 0.191 e. The number of fused-ring (bicyclic) bond motifs is 1. The molecule has 0 amide bonds. The summed E-state index contributed by atoms with van der Waals surface area (Å²) in [5.41, 5.74) is 2.13. The van der Waals surface area contributed by atoms with Crippen molar-refractivity contribution in [1.29, 1.82) is 0 Å². The van der Waals surface area contributed by atoms with Crippen LogP contribution in [0.1, 0.15) is 44.7 Å². The molecule has 3 rings (SSSR count). The van der Waals surface area contributed by atoms with Crippen LogP contribution in [0.3, 0.4) is 0 Å². The first kappa shape index (κ1) is 22.1. The number of aliphatic imine (C=N–C) groups is 1. The van der Waals surface area contributed by atoms with Crippen LogP contribution in [0, 0.1) is 0 Å². The van der Waals surface area contributed by atoms with Crippen molar-refractivity contribution in [3.63, 3.8) is 0 Å². The van der Waals surface area contributed by atoms with Crippen molar-refractivity contribution < 1.29 is 14.2 Å². The van der Waals surface area contributed by atoms with Crippen molar-refractivity contribution in [1.82, 2.24) is 10.6 Å². The molecule has 1 aromatic carbocycles. The number of methoxy groups -OCH3 is 1. The van der Waals surface area contributed by atoms with Crippen LogP contribution in [0.25, 0.3) is 0 Å². The van der Waals surface area contributed by atoms with Gasteiger partial charge in [-0.05, 0) is 45.7 Å². The summed E-state index contributed by atoms with van der Waals surface area (Å²) in [7, 11) is 1.70. The average molecular weight is 489 g/mol. The van der Waals surface area contributed by atoms with E-state index >= 15 is 0 Å². The zero-order chi connectivity index (χ0) is 18.6. The molecule has 2 unspecified atom stereocenters. The quantitative estimate of drug-likeness (QED) is 0.365. The zero-order valence-electron chi connectivity index (χ0n) is 16.8. The number of nitrogens with one attached hydrogen (secondary N) is 2. The highest BCUT2D eigenvalue weighted by molar-refractivity contribution is 14.0. The molecule has 1 fully saturated rings. The van der Waals surface area contributed by atoms with E-state index in [0.29, 0.717) is 6.54 Å². The zero-order valence-corrected chi connectivity index (χ0v) is 19.1. The summed E-state index contributed by atoms with van der Waals surface area (Å²) in [5, 5.41) is 6.71. The maximum absolute atomic E-state index is 5.88. The standard InChI is InChI=1S/C20H31N3O3.HI/c1-5-21-19(23-13-20(3)7-6-8-25-20)22-12-16-11-18-15(9-14(2)26-18)10-17(16)24-4;/h10-11,14H,5-9,12-13H2,1-4H3,(H2,21,22,23);1H. The van der Waals surface area contributed by atoms with E-state index in [2.05, 4.69) is 43.5 Å². The van der Waals surface area contributed by atoms with Gasteiger partial charge >= 0.3 is 0 Å². The summed E-state index contributed by atoms with van der Waals surface area (Å²) in [6.45, 7) is 9.24. The van der Waals surface area contributed by atoms with E-state index in [1.807, 2.05) is 0 Å². The second-order valence-electron chi connectivity index (χ2n) is 7.36. The highest BCUT2D eigenvalue weighted by Crippen LogP contribution is 2.35. The third kappa shape index (κ3) is 5.63. The Bertz CT molecular complexity index is 660. The molecule has 152 valence electrons. The van der Waals surface area contributed by atoms with Crippen molar-refractivity contribution in [3.8, 4) is 11.5 Å². The van der Waals surface area contributed by atoms with Gasteiger partial charge in [0.25, 0.3) is 0 Å². The molecule has 1 saturated heterocycles. The minimum absolute atomic E-state index is 0. The Morgan fingerprint density at radius 3 is 2.85 bits per heavy atom. The molecule has 6 nitrogen and oxygen atoms in total. The van der Waals surface area contributed by atoms with Gasteiger partial charge in [-0.2, -0.15) is 0 Å². The monoisotopic (exact) mass is 489 g/mol. The van der Waals surface area contributed by atoms with Crippen LogP contribution in [0.5, 0.6) is 11.5 Å². The normalized spacial score (nSPS) is 24.0. The topological polar surface area (TPSA) is 64.1 Å². The average Bonchev–Trinajstić information content (AvgIpc) is 3.21. The fourth-order valence-corrected chi connectivity index (χ4v) is 3.55. The summed E-state index contributed by atoms with van der Waals surface area (Å²) in [4.78, 5) is 4.73. The second-order valence-corrected chi connectivity index (χ2v) is 7.36. The van der Waals surface area contributed by atoms with Crippen molar-refractivity contribution in [2.75, 3.05) is 26.8 Å². The van der Waals surface area contributed by atoms with Gasteiger partial charge in [-0.15, -0.1) is 24.0 Å². The van der Waals surface area contributed by atoms with E-state index in [1.165, 1.54) is 5.56 Å². The van der Waals surface area contributed by atoms with E-state index in [0.717, 1.165) is 62.0 Å². The second kappa shape index (κ2) is 9.82. The number of guanidine groups is 1. The molecule has 0 bridgehead atoms. The molecule has 27 heavy (non-hydrogen) atoms. The maximum atomic E-state index is 5.88. The van der Waals surface area contributed by atoms with Gasteiger partial charge in [0.2, 0.25) is 0 Å². The number of hydrogen-bond acceptors (Lipinski definition) is 4. The Morgan fingerprint density at radius 2 is 2.19 bits per heavy atom. The third-order valence-electron chi connectivity index (χ3n) is 4.98. The predicted octanol–water partition coefficient (Wildman–Crippen LogP) is 3.26. The number of hydrogen-bond donors (Lipinski definition) is 2. The van der Waals surface area contributed by atoms with Crippen LogP contribution in [-0.4, -0.2) is 44.5 Å². The molecule has 2 aliphatic heterocycles. The Kier molecular flexibility index (Phi) is 8.03. The van der Waals surface area contributed by atoms with E-state index < -0.39 is 0 Å². The van der Waals surface area contributed by atoms with Gasteiger partial charge in [-0.1, -0.05) is 0 Å². The summed E-state index contributed by atoms with van der Waals surface area (Å²) < 4.78 is 17.3. The predicted molar refractivity (Wildman–Crippen MR) is 119 cm³/mol. The molecule has 0 radical (unpaired) electrons. The first-order valence-electron chi connectivity index (χ1n) is 9.55. The molecule has 2 aliphatic rings. The highest BCUT2D eigenvalue weighted by Gasteiger charge is 2.29. The number of ether oxygens (including phenoxy) is 3. The van der Waals surface area contributed by atoms with Crippen molar-refractivity contribution in [2.45, 2.75) is 58.3 Å². The molecule has 0 aromatic heterocycles. The smallest absolute Gasteiger partial charge is 0.191 e. The first-order chi connectivity index (χ1) is 12.5. The number of halogens is 1. The van der Waals surface area contributed by atoms with Gasteiger partial charge in [0, 0.05) is 37.2 Å². The van der Waals surface area contributed by atoms with Crippen LogP contribution in [0.15, 0.2) is 17.1 Å². The van der Waals surface area contributed by atoms with Crippen molar-refractivity contribution >= 4 is 29.9 Å². The summed E-state index contributed by atoms with van der Waals surface area (Å²) in [6, 6.07) is 4.14. The van der Waals surface area contributed by atoms with Crippen LogP contribution in [0.4, 0.5) is 0 Å². The summed E-state index contributed by atoms with van der Waals surface area (Å²) in [6.07, 6.45) is 3.35. The SMILES string of the molecule is CCNC(=NCc1cc2c(cc1OC)CC(C)O2)NCC1(C)CCCO1.I. The molecule has 2 N–H and O–H groups in total. The molecule has 7 heteroatoms. The molecule has 0 aliphatic carbocycles. The van der Waals surface area contributed by atoms with Crippen LogP contribution in [-0.2, 0) is 17.7 Å². The minimum atomic E-state index is -0.106. The van der Waals surface area contributed by atoms with Gasteiger partial charge in [-0.3, -0.25) is 0 Å². The van der Waals surface area contributed by atoms with Crippen molar-refractivity contribution in [3.05, 3.63) is 23.3 Å². The lowest BCUT2D eigenvalue weighted by Crippen LogP contribution is -2.45. The number of rotatable bonds is 6. The molecular formula is C20H32IN3O3. The minimum Gasteiger partial charge on any atom is -0.496 e. The molecule has 2 atom stereocenters. The Morgan fingerprint density at radius 1 is 1.37 bits per heavy atom. The van der Waals surface area contributed by atoms with Crippen LogP contribution >= 0.6 is 24.0 Å². The number of nitrogens with zero attached hydrogens (tertiary/aromatic N) is 1. The van der Waals surface area contributed by atoms with Crippen LogP contribution in [0.2, 0.25) is 0 Å². The third-order valence-corrected chi connectivity index (χ3v) is 4.98. The summed E-state index contributed by atoms with van der Waals surface area (Å²) in [5.74, 6) is 2.61. The molecular weight excluding hydrogens is 457 g/mol. The lowest BCUT2D eigenvalue weighted by atomic mass is 10.0. The van der Waals surface area contributed by atoms with Crippen LogP contribution < -0.4 is 20.1 Å².